The number of carbonyl (C=O) groups is 2. The summed E-state index contributed by atoms with van der Waals surface area (Å²) in [5.74, 6) is 0.133. The molecule has 1 amide bonds. The summed E-state index contributed by atoms with van der Waals surface area (Å²) in [5.41, 5.74) is 2.47. The minimum atomic E-state index is -0.406. The normalized spacial score (nSPS) is 17.8. The number of methoxy groups -OCH3 is 1. The first kappa shape index (κ1) is 18.7. The molecule has 6 heteroatoms. The van der Waals surface area contributed by atoms with E-state index in [2.05, 4.69) is 15.9 Å². The summed E-state index contributed by atoms with van der Waals surface area (Å²) in [6.45, 7) is 6.05. The van der Waals surface area contributed by atoms with Gasteiger partial charge in [-0.1, -0.05) is 30.3 Å². The number of hydrogen-bond acceptors (Lipinski definition) is 5. The first-order chi connectivity index (χ1) is 13.7. The molecule has 1 saturated heterocycles. The number of nitrogens with zero attached hydrogens (tertiary/aromatic N) is 3. The van der Waals surface area contributed by atoms with E-state index in [1.807, 2.05) is 30.3 Å². The molecule has 2 heterocycles. The number of anilines is 1. The maximum absolute atomic E-state index is 12.3. The van der Waals surface area contributed by atoms with E-state index in [9.17, 15) is 9.59 Å². The summed E-state index contributed by atoms with van der Waals surface area (Å²) in [7, 11) is 1.71. The molecule has 2 aromatic carbocycles. The molecule has 0 radical (unpaired) electrons. The average molecular weight is 379 g/mol. The van der Waals surface area contributed by atoms with Crippen LogP contribution in [0.5, 0.6) is 5.75 Å². The molecule has 0 N–H and O–H groups in total. The molecule has 4 rings (SSSR count). The minimum Gasteiger partial charge on any atom is -0.496 e. The predicted molar refractivity (Wildman–Crippen MR) is 108 cm³/mol. The van der Waals surface area contributed by atoms with Crippen molar-refractivity contribution in [1.29, 1.82) is 0 Å². The first-order valence-electron chi connectivity index (χ1n) is 9.69. The van der Waals surface area contributed by atoms with Crippen molar-refractivity contribution in [1.82, 2.24) is 9.80 Å². The second-order valence-electron chi connectivity index (χ2n) is 7.23. The Morgan fingerprint density at radius 3 is 2.32 bits per heavy atom. The summed E-state index contributed by atoms with van der Waals surface area (Å²) in [5, 5.41) is 0. The monoisotopic (exact) mass is 379 g/mol. The highest BCUT2D eigenvalue weighted by Gasteiger charge is 2.35. The molecule has 2 aliphatic heterocycles. The third kappa shape index (κ3) is 3.66. The van der Waals surface area contributed by atoms with Gasteiger partial charge in [0.05, 0.1) is 18.4 Å². The lowest BCUT2D eigenvalue weighted by molar-refractivity contribution is -0.114. The molecular formula is C22H25N3O3. The maximum atomic E-state index is 12.3. The first-order valence-corrected chi connectivity index (χ1v) is 9.69. The Hall–Kier alpha value is -2.70. The van der Waals surface area contributed by atoms with Crippen LogP contribution in [0.15, 0.2) is 48.5 Å². The van der Waals surface area contributed by atoms with E-state index in [4.69, 9.17) is 4.74 Å². The van der Waals surface area contributed by atoms with Gasteiger partial charge < -0.3 is 9.64 Å². The van der Waals surface area contributed by atoms with Crippen LogP contribution in [0.25, 0.3) is 0 Å². The molecule has 2 aromatic rings. The second kappa shape index (κ2) is 8.12. The molecule has 0 aliphatic carbocycles. The number of ether oxygens (including phenoxy) is 1. The van der Waals surface area contributed by atoms with Crippen molar-refractivity contribution in [3.8, 4) is 5.75 Å². The van der Waals surface area contributed by atoms with Crippen LogP contribution in [0.2, 0.25) is 0 Å². The van der Waals surface area contributed by atoms with Gasteiger partial charge in [-0.2, -0.15) is 0 Å². The number of benzene rings is 2. The van der Waals surface area contributed by atoms with E-state index in [0.717, 1.165) is 50.7 Å². The number of rotatable bonds is 6. The van der Waals surface area contributed by atoms with Crippen molar-refractivity contribution >= 4 is 17.4 Å². The molecule has 0 saturated carbocycles. The molecule has 2 aliphatic rings. The standard InChI is InChI=1S/C22H25N3O3/c1-28-20-9-5-2-6-17(20)16-24-12-10-23(11-13-24)14-15-25-19-8-4-3-7-18(19)21(26)22(25)27/h2-9H,10-16H2,1H3. The highest BCUT2D eigenvalue weighted by molar-refractivity contribution is 6.52. The van der Waals surface area contributed by atoms with Crippen molar-refractivity contribution in [3.63, 3.8) is 0 Å². The Morgan fingerprint density at radius 2 is 1.54 bits per heavy atom. The third-order valence-corrected chi connectivity index (χ3v) is 5.57. The van der Waals surface area contributed by atoms with Crippen molar-refractivity contribution in [3.05, 3.63) is 59.7 Å². The van der Waals surface area contributed by atoms with Crippen molar-refractivity contribution in [2.75, 3.05) is 51.3 Å². The second-order valence-corrected chi connectivity index (χ2v) is 7.23. The van der Waals surface area contributed by atoms with Gasteiger partial charge in [0.1, 0.15) is 5.75 Å². The number of amides is 1. The predicted octanol–water partition coefficient (Wildman–Crippen LogP) is 2.04. The van der Waals surface area contributed by atoms with Crippen LogP contribution in [0, 0.1) is 0 Å². The molecule has 0 aromatic heterocycles. The molecule has 1 fully saturated rings. The van der Waals surface area contributed by atoms with Crippen molar-refractivity contribution in [2.24, 2.45) is 0 Å². The Labute approximate surface area is 165 Å². The van der Waals surface area contributed by atoms with E-state index < -0.39 is 11.7 Å². The number of ketones is 1. The van der Waals surface area contributed by atoms with Crippen molar-refractivity contribution < 1.29 is 14.3 Å². The van der Waals surface area contributed by atoms with E-state index in [0.29, 0.717) is 12.1 Å². The number of fused-ring (bicyclic) bond motifs is 1. The van der Waals surface area contributed by atoms with E-state index in [-0.39, 0.29) is 0 Å². The van der Waals surface area contributed by atoms with E-state index >= 15 is 0 Å². The van der Waals surface area contributed by atoms with Crippen LogP contribution in [0.1, 0.15) is 15.9 Å². The zero-order chi connectivity index (χ0) is 19.5. The zero-order valence-corrected chi connectivity index (χ0v) is 16.1. The molecule has 0 spiro atoms. The van der Waals surface area contributed by atoms with Gasteiger partial charge in [-0.15, -0.1) is 0 Å². The van der Waals surface area contributed by atoms with Crippen LogP contribution < -0.4 is 9.64 Å². The molecule has 28 heavy (non-hydrogen) atoms. The van der Waals surface area contributed by atoms with Crippen LogP contribution in [-0.4, -0.2) is 67.9 Å². The zero-order valence-electron chi connectivity index (χ0n) is 16.1. The fourth-order valence-corrected chi connectivity index (χ4v) is 3.96. The molecule has 146 valence electrons. The lowest BCUT2D eigenvalue weighted by atomic mass is 10.1. The smallest absolute Gasteiger partial charge is 0.299 e. The van der Waals surface area contributed by atoms with E-state index in [1.165, 1.54) is 5.56 Å². The molecule has 0 bridgehead atoms. The Bertz CT molecular complexity index is 875. The molecule has 0 atom stereocenters. The van der Waals surface area contributed by atoms with Crippen LogP contribution in [-0.2, 0) is 11.3 Å². The fourth-order valence-electron chi connectivity index (χ4n) is 3.96. The fraction of sp³-hybridized carbons (Fsp3) is 0.364. The number of para-hydroxylation sites is 2. The maximum Gasteiger partial charge on any atom is 0.299 e. The summed E-state index contributed by atoms with van der Waals surface area (Å²) in [6.07, 6.45) is 0. The van der Waals surface area contributed by atoms with Gasteiger partial charge in [-0.25, -0.2) is 0 Å². The summed E-state index contributed by atoms with van der Waals surface area (Å²) < 4.78 is 5.45. The lowest BCUT2D eigenvalue weighted by Crippen LogP contribution is -2.48. The van der Waals surface area contributed by atoms with Gasteiger partial charge in [0, 0.05) is 51.4 Å². The summed E-state index contributed by atoms with van der Waals surface area (Å²) in [4.78, 5) is 30.8. The largest absolute Gasteiger partial charge is 0.496 e. The molecular weight excluding hydrogens is 354 g/mol. The van der Waals surface area contributed by atoms with Gasteiger partial charge >= 0.3 is 0 Å². The lowest BCUT2D eigenvalue weighted by Gasteiger charge is -2.35. The number of Topliss-reactive ketones (excluding diaryl/α,β-unsaturated/α-hetero) is 1. The third-order valence-electron chi connectivity index (χ3n) is 5.57. The Kier molecular flexibility index (Phi) is 5.41. The van der Waals surface area contributed by atoms with Crippen molar-refractivity contribution in [2.45, 2.75) is 6.54 Å². The van der Waals surface area contributed by atoms with Gasteiger partial charge in [0.2, 0.25) is 0 Å². The minimum absolute atomic E-state index is 0.391. The van der Waals surface area contributed by atoms with E-state index in [1.54, 1.807) is 24.1 Å². The van der Waals surface area contributed by atoms with Gasteiger partial charge in [-0.05, 0) is 18.2 Å². The Morgan fingerprint density at radius 1 is 0.857 bits per heavy atom. The highest BCUT2D eigenvalue weighted by Crippen LogP contribution is 2.28. The topological polar surface area (TPSA) is 53.1 Å². The van der Waals surface area contributed by atoms with Gasteiger partial charge in [0.15, 0.2) is 0 Å². The number of hydrogen-bond donors (Lipinski definition) is 0. The van der Waals surface area contributed by atoms with Crippen LogP contribution in [0.3, 0.4) is 0 Å². The average Bonchev–Trinajstić information content (AvgIpc) is 2.98. The van der Waals surface area contributed by atoms with Gasteiger partial charge in [-0.3, -0.25) is 19.4 Å². The number of carbonyl (C=O) groups excluding carboxylic acids is 2. The SMILES string of the molecule is COc1ccccc1CN1CCN(CCN2C(=O)C(=O)c3ccccc32)CC1. The summed E-state index contributed by atoms with van der Waals surface area (Å²) >= 11 is 0. The highest BCUT2D eigenvalue weighted by atomic mass is 16.5. The van der Waals surface area contributed by atoms with Crippen LogP contribution in [0.4, 0.5) is 5.69 Å². The summed E-state index contributed by atoms with van der Waals surface area (Å²) in [6, 6.07) is 15.4. The Balaban J connectivity index is 1.30. The van der Waals surface area contributed by atoms with Gasteiger partial charge in [0.25, 0.3) is 11.7 Å². The molecule has 0 unspecified atom stereocenters. The molecule has 6 nitrogen and oxygen atoms in total. The van der Waals surface area contributed by atoms with Crippen LogP contribution >= 0.6 is 0 Å². The number of piperazine rings is 1. The quantitative estimate of drug-likeness (QED) is 0.719.